The van der Waals surface area contributed by atoms with Crippen LogP contribution in [0, 0.1) is 0 Å². The van der Waals surface area contributed by atoms with Crippen molar-refractivity contribution in [3.05, 3.63) is 46.6 Å². The van der Waals surface area contributed by atoms with E-state index in [1.807, 2.05) is 0 Å². The van der Waals surface area contributed by atoms with Crippen LogP contribution in [0.1, 0.15) is 39.5 Å². The van der Waals surface area contributed by atoms with Crippen molar-refractivity contribution in [2.45, 2.75) is 39.5 Å². The summed E-state index contributed by atoms with van der Waals surface area (Å²) in [5.74, 6) is 0. The number of rotatable bonds is 0. The van der Waals surface area contributed by atoms with Gasteiger partial charge in [0.1, 0.15) is 0 Å². The normalized spacial score (nSPS) is 22.1. The summed E-state index contributed by atoms with van der Waals surface area (Å²) in [5.41, 5.74) is 6.09. The molecule has 0 spiro atoms. The lowest BCUT2D eigenvalue weighted by Crippen LogP contribution is -2.01. The Morgan fingerprint density at radius 2 is 1.64 bits per heavy atom. The first-order chi connectivity index (χ1) is 6.79. The van der Waals surface area contributed by atoms with Crippen LogP contribution >= 0.6 is 0 Å². The van der Waals surface area contributed by atoms with Crippen LogP contribution in [0.15, 0.2) is 46.6 Å². The molecule has 0 unspecified atom stereocenters. The third-order valence-electron chi connectivity index (χ3n) is 3.31. The van der Waals surface area contributed by atoms with Crippen molar-refractivity contribution in [1.29, 1.82) is 0 Å². The van der Waals surface area contributed by atoms with E-state index >= 15 is 0 Å². The zero-order chi connectivity index (χ0) is 9.97. The van der Waals surface area contributed by atoms with Crippen molar-refractivity contribution in [3.8, 4) is 0 Å². The van der Waals surface area contributed by atoms with Crippen molar-refractivity contribution >= 4 is 0 Å². The van der Waals surface area contributed by atoms with Gasteiger partial charge < -0.3 is 0 Å². The van der Waals surface area contributed by atoms with Gasteiger partial charge in [0.2, 0.25) is 0 Å². The summed E-state index contributed by atoms with van der Waals surface area (Å²) in [6.45, 7) is 4.48. The van der Waals surface area contributed by atoms with Crippen molar-refractivity contribution < 1.29 is 0 Å². The molecule has 0 radical (unpaired) electrons. The van der Waals surface area contributed by atoms with Crippen molar-refractivity contribution in [2.24, 2.45) is 0 Å². The fourth-order valence-electron chi connectivity index (χ4n) is 2.28. The van der Waals surface area contributed by atoms with Gasteiger partial charge in [-0.2, -0.15) is 0 Å². The molecule has 0 nitrogen and oxygen atoms in total. The number of hydrogen-bond donors (Lipinski definition) is 0. The lowest BCUT2D eigenvalue weighted by molar-refractivity contribution is 0.686. The Balaban J connectivity index is 2.47. The van der Waals surface area contributed by atoms with Crippen LogP contribution < -0.4 is 0 Å². The summed E-state index contributed by atoms with van der Waals surface area (Å²) >= 11 is 0. The van der Waals surface area contributed by atoms with Gasteiger partial charge in [-0.25, -0.2) is 0 Å². The molecule has 2 aliphatic carbocycles. The third-order valence-corrected chi connectivity index (χ3v) is 3.31. The highest BCUT2D eigenvalue weighted by atomic mass is 14.2. The molecule has 0 heterocycles. The molecule has 0 aromatic rings. The molecule has 0 amide bonds. The van der Waals surface area contributed by atoms with Crippen LogP contribution in [0.5, 0.6) is 0 Å². The maximum atomic E-state index is 2.29. The van der Waals surface area contributed by atoms with Gasteiger partial charge in [0.25, 0.3) is 0 Å². The largest absolute Gasteiger partial charge is 0.0620 e. The maximum absolute atomic E-state index is 2.29. The van der Waals surface area contributed by atoms with Crippen LogP contribution in [0.2, 0.25) is 0 Å². The monoisotopic (exact) mass is 186 g/mol. The SMILES string of the molecule is CC1=C(C)C2=C(C=CC=C1)CCCC2. The average molecular weight is 186 g/mol. The van der Waals surface area contributed by atoms with Gasteiger partial charge in [-0.1, -0.05) is 24.3 Å². The summed E-state index contributed by atoms with van der Waals surface area (Å²) in [6, 6.07) is 0. The van der Waals surface area contributed by atoms with Crippen LogP contribution in [-0.2, 0) is 0 Å². The standard InChI is InChI=1S/C14H18/c1-11-7-3-4-8-13-9-5-6-10-14(13)12(11)2/h3-4,7-8H,5-6,9-10H2,1-2H3. The minimum absolute atomic E-state index is 1.27. The minimum Gasteiger partial charge on any atom is -0.0620 e. The Kier molecular flexibility index (Phi) is 2.72. The molecule has 0 atom stereocenters. The molecule has 0 bridgehead atoms. The Morgan fingerprint density at radius 1 is 0.929 bits per heavy atom. The number of allylic oxidation sites excluding steroid dienone is 8. The molecule has 0 aromatic heterocycles. The van der Waals surface area contributed by atoms with E-state index in [2.05, 4.69) is 38.2 Å². The highest BCUT2D eigenvalue weighted by Gasteiger charge is 2.13. The third kappa shape index (κ3) is 1.75. The lowest BCUT2D eigenvalue weighted by Gasteiger charge is -2.21. The van der Waals surface area contributed by atoms with Crippen molar-refractivity contribution in [2.75, 3.05) is 0 Å². The van der Waals surface area contributed by atoms with Gasteiger partial charge in [0, 0.05) is 0 Å². The summed E-state index contributed by atoms with van der Waals surface area (Å²) in [6.07, 6.45) is 14.1. The topological polar surface area (TPSA) is 0 Å². The molecule has 0 saturated heterocycles. The highest BCUT2D eigenvalue weighted by molar-refractivity contribution is 5.47. The second-order valence-corrected chi connectivity index (χ2v) is 4.24. The summed E-state index contributed by atoms with van der Waals surface area (Å²) < 4.78 is 0. The van der Waals surface area contributed by atoms with Crippen molar-refractivity contribution in [3.63, 3.8) is 0 Å². The van der Waals surface area contributed by atoms with Crippen LogP contribution in [-0.4, -0.2) is 0 Å². The molecule has 2 rings (SSSR count). The highest BCUT2D eigenvalue weighted by Crippen LogP contribution is 2.32. The van der Waals surface area contributed by atoms with Crippen LogP contribution in [0.25, 0.3) is 0 Å². The zero-order valence-corrected chi connectivity index (χ0v) is 9.14. The van der Waals surface area contributed by atoms with Crippen molar-refractivity contribution in [1.82, 2.24) is 0 Å². The molecule has 0 saturated carbocycles. The van der Waals surface area contributed by atoms with E-state index in [0.717, 1.165) is 0 Å². The van der Waals surface area contributed by atoms with E-state index in [4.69, 9.17) is 0 Å². The molecular formula is C14H18. The maximum Gasteiger partial charge on any atom is -0.0273 e. The zero-order valence-electron chi connectivity index (χ0n) is 9.14. The smallest absolute Gasteiger partial charge is 0.0273 e. The Labute approximate surface area is 86.7 Å². The van der Waals surface area contributed by atoms with E-state index in [-0.39, 0.29) is 0 Å². The molecule has 0 heteroatoms. The fourth-order valence-corrected chi connectivity index (χ4v) is 2.28. The summed E-state index contributed by atoms with van der Waals surface area (Å²) in [4.78, 5) is 0. The van der Waals surface area contributed by atoms with Gasteiger partial charge >= 0.3 is 0 Å². The molecule has 14 heavy (non-hydrogen) atoms. The fraction of sp³-hybridized carbons (Fsp3) is 0.429. The van der Waals surface area contributed by atoms with Gasteiger partial charge in [-0.3, -0.25) is 0 Å². The number of hydrogen-bond acceptors (Lipinski definition) is 0. The second-order valence-electron chi connectivity index (χ2n) is 4.24. The van der Waals surface area contributed by atoms with E-state index in [1.54, 1.807) is 11.1 Å². The quantitative estimate of drug-likeness (QED) is 0.528. The van der Waals surface area contributed by atoms with Gasteiger partial charge in [0.15, 0.2) is 0 Å². The van der Waals surface area contributed by atoms with Gasteiger partial charge in [-0.15, -0.1) is 0 Å². The Hall–Kier alpha value is -1.04. The Bertz CT molecular complexity index is 348. The first-order valence-corrected chi connectivity index (χ1v) is 5.53. The van der Waals surface area contributed by atoms with E-state index in [9.17, 15) is 0 Å². The second kappa shape index (κ2) is 4.00. The molecule has 2 aliphatic rings. The predicted octanol–water partition coefficient (Wildman–Crippen LogP) is 4.32. The Morgan fingerprint density at radius 3 is 2.50 bits per heavy atom. The lowest BCUT2D eigenvalue weighted by atomic mass is 9.85. The van der Waals surface area contributed by atoms with Crippen LogP contribution in [0.3, 0.4) is 0 Å². The first-order valence-electron chi connectivity index (χ1n) is 5.53. The van der Waals surface area contributed by atoms with Gasteiger partial charge in [0.05, 0.1) is 0 Å². The van der Waals surface area contributed by atoms with E-state index < -0.39 is 0 Å². The molecular weight excluding hydrogens is 168 g/mol. The predicted molar refractivity (Wildman–Crippen MR) is 62.1 cm³/mol. The molecule has 0 fully saturated rings. The molecule has 0 aliphatic heterocycles. The summed E-state index contributed by atoms with van der Waals surface area (Å²) in [7, 11) is 0. The van der Waals surface area contributed by atoms with Crippen LogP contribution in [0.4, 0.5) is 0 Å². The molecule has 0 aromatic carbocycles. The molecule has 0 N–H and O–H groups in total. The van der Waals surface area contributed by atoms with E-state index in [1.165, 1.54) is 36.8 Å². The first kappa shape index (κ1) is 9.51. The van der Waals surface area contributed by atoms with E-state index in [0.29, 0.717) is 0 Å². The average Bonchev–Trinajstić information content (AvgIpc) is 2.22. The van der Waals surface area contributed by atoms with Gasteiger partial charge in [-0.05, 0) is 61.8 Å². The summed E-state index contributed by atoms with van der Waals surface area (Å²) in [5, 5.41) is 0. The minimum atomic E-state index is 1.27. The molecule has 74 valence electrons.